The highest BCUT2D eigenvalue weighted by Gasteiger charge is 2.24. The largest absolute Gasteiger partial charge is 0.493 e. The fourth-order valence-electron chi connectivity index (χ4n) is 3.31. The monoisotopic (exact) mass is 503 g/mol. The van der Waals surface area contributed by atoms with E-state index >= 15 is 0 Å². The van der Waals surface area contributed by atoms with E-state index in [1.54, 1.807) is 31.3 Å². The summed E-state index contributed by atoms with van der Waals surface area (Å²) in [5.74, 6) is 0.948. The number of nitriles is 1. The topological polar surface area (TPSA) is 65.8 Å². The number of amides is 1. The molecule has 0 bridgehead atoms. The van der Waals surface area contributed by atoms with Crippen LogP contribution in [0, 0.1) is 14.9 Å². The van der Waals surface area contributed by atoms with Crippen molar-refractivity contribution in [3.63, 3.8) is 0 Å². The van der Waals surface area contributed by atoms with E-state index < -0.39 is 0 Å². The number of ether oxygens (including phenoxy) is 2. The Morgan fingerprint density at radius 1 is 1.10 bits per heavy atom. The van der Waals surface area contributed by atoms with Crippen LogP contribution in [0.15, 0.2) is 48.0 Å². The van der Waals surface area contributed by atoms with Crippen LogP contribution in [0.5, 0.6) is 11.5 Å². The Bertz CT molecular complexity index is 946. The summed E-state index contributed by atoms with van der Waals surface area (Å²) in [5.41, 5.74) is 1.98. The zero-order valence-corrected chi connectivity index (χ0v) is 18.5. The number of rotatable bonds is 5. The lowest BCUT2D eigenvalue weighted by Crippen LogP contribution is -2.49. The molecule has 1 aliphatic rings. The predicted molar refractivity (Wildman–Crippen MR) is 121 cm³/mol. The molecule has 1 amide bonds. The van der Waals surface area contributed by atoms with Gasteiger partial charge in [0.1, 0.15) is 11.6 Å². The summed E-state index contributed by atoms with van der Waals surface area (Å²) >= 11 is 2.14. The van der Waals surface area contributed by atoms with Crippen molar-refractivity contribution in [3.05, 3.63) is 57.2 Å². The molecule has 0 saturated carbocycles. The maximum absolute atomic E-state index is 12.9. The maximum atomic E-state index is 12.9. The summed E-state index contributed by atoms with van der Waals surface area (Å²) in [6, 6.07) is 15.8. The van der Waals surface area contributed by atoms with Gasteiger partial charge in [-0.15, -0.1) is 0 Å². The van der Waals surface area contributed by atoms with E-state index in [0.717, 1.165) is 27.9 Å². The van der Waals surface area contributed by atoms with Gasteiger partial charge in [0.25, 0.3) is 5.91 Å². The van der Waals surface area contributed by atoms with Crippen LogP contribution in [0.3, 0.4) is 0 Å². The summed E-state index contributed by atoms with van der Waals surface area (Å²) in [6.45, 7) is 2.64. The van der Waals surface area contributed by atoms with Gasteiger partial charge >= 0.3 is 0 Å². The molecule has 6 nitrogen and oxygen atoms in total. The van der Waals surface area contributed by atoms with E-state index in [1.807, 2.05) is 24.3 Å². The molecule has 3 rings (SSSR count). The normalized spacial score (nSPS) is 14.3. The number of carbonyl (C=O) groups is 1. The minimum atomic E-state index is -0.245. The fraction of sp³-hybridized carbons (Fsp3) is 0.273. The summed E-state index contributed by atoms with van der Waals surface area (Å²) in [7, 11) is 3.14. The second-order valence-corrected chi connectivity index (χ2v) is 7.69. The van der Waals surface area contributed by atoms with Crippen LogP contribution in [0.1, 0.15) is 5.56 Å². The molecule has 0 atom stereocenters. The number of anilines is 1. The molecule has 0 radical (unpaired) electrons. The summed E-state index contributed by atoms with van der Waals surface area (Å²) in [4.78, 5) is 16.9. The van der Waals surface area contributed by atoms with Gasteiger partial charge in [-0.2, -0.15) is 5.26 Å². The Hall–Kier alpha value is -2.73. The van der Waals surface area contributed by atoms with E-state index in [9.17, 15) is 10.1 Å². The summed E-state index contributed by atoms with van der Waals surface area (Å²) in [6.07, 6.45) is 1.61. The molecular formula is C22H22IN3O3. The van der Waals surface area contributed by atoms with E-state index in [0.29, 0.717) is 24.6 Å². The van der Waals surface area contributed by atoms with Crippen LogP contribution >= 0.6 is 22.6 Å². The Kier molecular flexibility index (Phi) is 6.99. The molecule has 1 fully saturated rings. The number of carbonyl (C=O) groups excluding carboxylic acids is 1. The van der Waals surface area contributed by atoms with Gasteiger partial charge in [0.2, 0.25) is 0 Å². The van der Waals surface area contributed by atoms with Gasteiger partial charge in [-0.05, 0) is 58.5 Å². The molecule has 0 spiro atoms. The van der Waals surface area contributed by atoms with Crippen molar-refractivity contribution < 1.29 is 14.3 Å². The Balaban J connectivity index is 1.75. The van der Waals surface area contributed by atoms with Crippen LogP contribution in [0.25, 0.3) is 6.08 Å². The number of hydrogen-bond donors (Lipinski definition) is 0. The first-order chi connectivity index (χ1) is 14.1. The van der Waals surface area contributed by atoms with Gasteiger partial charge in [-0.1, -0.05) is 18.2 Å². The average molecular weight is 503 g/mol. The van der Waals surface area contributed by atoms with Crippen molar-refractivity contribution in [1.29, 1.82) is 5.26 Å². The van der Waals surface area contributed by atoms with Gasteiger partial charge in [-0.25, -0.2) is 0 Å². The Morgan fingerprint density at radius 2 is 1.79 bits per heavy atom. The summed E-state index contributed by atoms with van der Waals surface area (Å²) < 4.78 is 11.5. The van der Waals surface area contributed by atoms with Crippen molar-refractivity contribution in [3.8, 4) is 17.6 Å². The molecule has 0 unspecified atom stereocenters. The molecule has 2 aromatic rings. The SMILES string of the molecule is COc1cc(/C=C(/C#N)C(=O)N2CCN(c3ccccc3)CC2)cc(I)c1OC. The average Bonchev–Trinajstić information content (AvgIpc) is 2.77. The van der Waals surface area contributed by atoms with Crippen LogP contribution in [0.2, 0.25) is 0 Å². The molecule has 0 aliphatic carbocycles. The molecule has 0 aromatic heterocycles. The molecular weight excluding hydrogens is 481 g/mol. The number of piperazine rings is 1. The first kappa shape index (κ1) is 21.0. The van der Waals surface area contributed by atoms with Crippen LogP contribution in [0.4, 0.5) is 5.69 Å². The minimum absolute atomic E-state index is 0.112. The van der Waals surface area contributed by atoms with Gasteiger partial charge < -0.3 is 19.3 Å². The molecule has 29 heavy (non-hydrogen) atoms. The first-order valence-corrected chi connectivity index (χ1v) is 10.3. The maximum Gasteiger partial charge on any atom is 0.264 e. The number of methoxy groups -OCH3 is 2. The lowest BCUT2D eigenvalue weighted by molar-refractivity contribution is -0.126. The van der Waals surface area contributed by atoms with E-state index in [-0.39, 0.29) is 11.5 Å². The fourth-order valence-corrected chi connectivity index (χ4v) is 4.15. The lowest BCUT2D eigenvalue weighted by Gasteiger charge is -2.36. The van der Waals surface area contributed by atoms with E-state index in [4.69, 9.17) is 9.47 Å². The molecule has 7 heteroatoms. The van der Waals surface area contributed by atoms with Crippen molar-refractivity contribution >= 4 is 40.3 Å². The van der Waals surface area contributed by atoms with Gasteiger partial charge in [-0.3, -0.25) is 4.79 Å². The third-order valence-corrected chi connectivity index (χ3v) is 5.61. The number of para-hydroxylation sites is 1. The molecule has 1 heterocycles. The van der Waals surface area contributed by atoms with E-state index in [1.165, 1.54) is 0 Å². The molecule has 1 saturated heterocycles. The summed E-state index contributed by atoms with van der Waals surface area (Å²) in [5, 5.41) is 9.58. The van der Waals surface area contributed by atoms with Crippen LogP contribution in [-0.4, -0.2) is 51.2 Å². The van der Waals surface area contributed by atoms with Gasteiger partial charge in [0.15, 0.2) is 11.5 Å². The number of hydrogen-bond acceptors (Lipinski definition) is 5. The van der Waals surface area contributed by atoms with Gasteiger partial charge in [0, 0.05) is 31.9 Å². The highest BCUT2D eigenvalue weighted by atomic mass is 127. The van der Waals surface area contributed by atoms with E-state index in [2.05, 4.69) is 45.7 Å². The minimum Gasteiger partial charge on any atom is -0.493 e. The zero-order chi connectivity index (χ0) is 20.8. The highest BCUT2D eigenvalue weighted by molar-refractivity contribution is 14.1. The highest BCUT2D eigenvalue weighted by Crippen LogP contribution is 2.34. The molecule has 1 aliphatic heterocycles. The second-order valence-electron chi connectivity index (χ2n) is 6.52. The van der Waals surface area contributed by atoms with Crippen molar-refractivity contribution in [1.82, 2.24) is 4.90 Å². The number of halogens is 1. The lowest BCUT2D eigenvalue weighted by atomic mass is 10.1. The number of benzene rings is 2. The predicted octanol–water partition coefficient (Wildman–Crippen LogP) is 3.56. The number of nitrogens with zero attached hydrogens (tertiary/aromatic N) is 3. The first-order valence-electron chi connectivity index (χ1n) is 9.20. The second kappa shape index (κ2) is 9.65. The third-order valence-electron chi connectivity index (χ3n) is 4.81. The zero-order valence-electron chi connectivity index (χ0n) is 16.4. The molecule has 2 aromatic carbocycles. The Labute approximate surface area is 184 Å². The van der Waals surface area contributed by atoms with Crippen molar-refractivity contribution in [2.75, 3.05) is 45.3 Å². The molecule has 0 N–H and O–H groups in total. The Morgan fingerprint density at radius 3 is 2.38 bits per heavy atom. The van der Waals surface area contributed by atoms with Crippen molar-refractivity contribution in [2.45, 2.75) is 0 Å². The van der Waals surface area contributed by atoms with Crippen LogP contribution in [-0.2, 0) is 4.79 Å². The standard InChI is InChI=1S/C22H22IN3O3/c1-28-20-14-16(13-19(23)21(20)29-2)12-17(15-24)22(27)26-10-8-25(9-11-26)18-6-4-3-5-7-18/h3-7,12-14H,8-11H2,1-2H3/b17-12-. The quantitative estimate of drug-likeness (QED) is 0.355. The third kappa shape index (κ3) is 4.82. The van der Waals surface area contributed by atoms with Crippen LogP contribution < -0.4 is 14.4 Å². The smallest absolute Gasteiger partial charge is 0.264 e. The van der Waals surface area contributed by atoms with Gasteiger partial charge in [0.05, 0.1) is 17.8 Å². The molecule has 150 valence electrons. The van der Waals surface area contributed by atoms with Crippen molar-refractivity contribution in [2.24, 2.45) is 0 Å².